The Bertz CT molecular complexity index is 1530. The fourth-order valence-electron chi connectivity index (χ4n) is 4.77. The van der Waals surface area contributed by atoms with Gasteiger partial charge in [0.1, 0.15) is 5.76 Å². The number of fused-ring (bicyclic) bond motifs is 1. The molecular weight excluding hydrogens is 469 g/mol. The minimum atomic E-state index is -4.52. The maximum absolute atomic E-state index is 13.9. The van der Waals surface area contributed by atoms with Crippen LogP contribution < -0.4 is 0 Å². The van der Waals surface area contributed by atoms with E-state index in [1.54, 1.807) is 0 Å². The Labute approximate surface area is 205 Å². The van der Waals surface area contributed by atoms with Crippen LogP contribution in [0.15, 0.2) is 23.1 Å². The lowest BCUT2D eigenvalue weighted by Crippen LogP contribution is -2.25. The minimum absolute atomic E-state index is 0.0736. The largest absolute Gasteiger partial charge is 0.394 e. The molecule has 4 aromatic rings. The number of H-pyrrole nitrogens is 2. The molecule has 4 heterocycles. The van der Waals surface area contributed by atoms with Crippen molar-refractivity contribution < 1.29 is 34.7 Å². The number of aromatic amines is 2. The van der Waals surface area contributed by atoms with E-state index < -0.39 is 43.7 Å². The number of rotatable bonds is 5. The number of aromatic nitrogens is 5. The van der Waals surface area contributed by atoms with Crippen molar-refractivity contribution in [2.24, 2.45) is 5.92 Å². The third-order valence-electron chi connectivity index (χ3n) is 6.48. The second-order valence-electron chi connectivity index (χ2n) is 8.87. The molecule has 35 heavy (non-hydrogen) atoms. The van der Waals surface area contributed by atoms with Crippen LogP contribution in [0.1, 0.15) is 56.6 Å². The highest BCUT2D eigenvalue weighted by atomic mass is 19.4. The summed E-state index contributed by atoms with van der Waals surface area (Å²) in [6.45, 7) is -5.76. The number of hydrogen-bond donors (Lipinski definition) is 2. The van der Waals surface area contributed by atoms with Crippen LogP contribution in [0.2, 0.25) is 0 Å². The lowest BCUT2D eigenvalue weighted by atomic mass is 9.81. The standard InChI is InChI=1S/C24H24F5N5O/c1-12-20(13(2)35-34-12)17-9-30-22-18(16-11-32-33-19(16)8-24(27,28)29)10-31-21(22)15(17)7-14-3-5-23(25,26)6-4-14/h9-11,14,31H,3-8H2,1-2H3,(H,32,33)/i1D3,2D3. The fraction of sp³-hybridized carbons (Fsp3) is 0.458. The number of nitrogens with zero attached hydrogens (tertiary/aromatic N) is 3. The van der Waals surface area contributed by atoms with Crippen LogP contribution in [0.3, 0.4) is 0 Å². The number of alkyl halides is 5. The molecule has 1 aliphatic carbocycles. The molecule has 11 heteroatoms. The van der Waals surface area contributed by atoms with E-state index in [2.05, 4.69) is 25.3 Å². The third-order valence-corrected chi connectivity index (χ3v) is 6.48. The lowest BCUT2D eigenvalue weighted by molar-refractivity contribution is -0.127. The molecule has 0 aliphatic heterocycles. The van der Waals surface area contributed by atoms with Crippen molar-refractivity contribution in [2.45, 2.75) is 64.3 Å². The first-order valence-electron chi connectivity index (χ1n) is 13.9. The van der Waals surface area contributed by atoms with E-state index in [0.29, 0.717) is 11.1 Å². The molecule has 0 aromatic carbocycles. The van der Waals surface area contributed by atoms with Gasteiger partial charge in [-0.05, 0) is 44.4 Å². The third kappa shape index (κ3) is 4.55. The summed E-state index contributed by atoms with van der Waals surface area (Å²) in [4.78, 5) is 7.40. The van der Waals surface area contributed by atoms with Crippen LogP contribution in [0.25, 0.3) is 33.3 Å². The van der Waals surface area contributed by atoms with Crippen molar-refractivity contribution in [2.75, 3.05) is 0 Å². The molecule has 0 unspecified atom stereocenters. The molecule has 0 bridgehead atoms. The van der Waals surface area contributed by atoms with Crippen LogP contribution in [0.5, 0.6) is 0 Å². The van der Waals surface area contributed by atoms with E-state index >= 15 is 0 Å². The van der Waals surface area contributed by atoms with Gasteiger partial charge in [0, 0.05) is 55.7 Å². The summed E-state index contributed by atoms with van der Waals surface area (Å²) in [5.41, 5.74) is 0.264. The highest BCUT2D eigenvalue weighted by Crippen LogP contribution is 2.42. The molecule has 0 atom stereocenters. The second kappa shape index (κ2) is 8.46. The Morgan fingerprint density at radius 2 is 1.94 bits per heavy atom. The van der Waals surface area contributed by atoms with Gasteiger partial charge < -0.3 is 9.51 Å². The maximum atomic E-state index is 13.9. The quantitative estimate of drug-likeness (QED) is 0.300. The summed E-state index contributed by atoms with van der Waals surface area (Å²) in [7, 11) is 0. The zero-order valence-corrected chi connectivity index (χ0v) is 18.2. The van der Waals surface area contributed by atoms with E-state index in [0.717, 1.165) is 0 Å². The molecule has 0 amide bonds. The maximum Gasteiger partial charge on any atom is 0.394 e. The number of pyridine rings is 1. The summed E-state index contributed by atoms with van der Waals surface area (Å²) in [5.74, 6) is -3.75. The summed E-state index contributed by atoms with van der Waals surface area (Å²) in [5, 5.41) is 9.66. The topological polar surface area (TPSA) is 83.4 Å². The first-order chi connectivity index (χ1) is 18.9. The Kier molecular flexibility index (Phi) is 4.16. The van der Waals surface area contributed by atoms with Gasteiger partial charge in [0.15, 0.2) is 0 Å². The van der Waals surface area contributed by atoms with Crippen molar-refractivity contribution in [1.82, 2.24) is 25.3 Å². The monoisotopic (exact) mass is 499 g/mol. The molecule has 2 N–H and O–H groups in total. The van der Waals surface area contributed by atoms with Crippen LogP contribution in [-0.4, -0.2) is 37.4 Å². The Morgan fingerprint density at radius 3 is 2.66 bits per heavy atom. The van der Waals surface area contributed by atoms with Crippen molar-refractivity contribution in [3.63, 3.8) is 0 Å². The average molecular weight is 500 g/mol. The van der Waals surface area contributed by atoms with Crippen LogP contribution in [0, 0.1) is 19.6 Å². The van der Waals surface area contributed by atoms with E-state index in [4.69, 9.17) is 12.7 Å². The van der Waals surface area contributed by atoms with Gasteiger partial charge in [0.2, 0.25) is 5.92 Å². The van der Waals surface area contributed by atoms with Gasteiger partial charge in [-0.2, -0.15) is 18.3 Å². The molecule has 6 nitrogen and oxygen atoms in total. The van der Waals surface area contributed by atoms with Crippen molar-refractivity contribution in [1.29, 1.82) is 0 Å². The molecule has 0 radical (unpaired) electrons. The van der Waals surface area contributed by atoms with Gasteiger partial charge in [-0.1, -0.05) is 5.16 Å². The molecule has 5 rings (SSSR count). The normalized spacial score (nSPS) is 20.1. The van der Waals surface area contributed by atoms with Crippen LogP contribution >= 0.6 is 0 Å². The van der Waals surface area contributed by atoms with Crippen LogP contribution in [0.4, 0.5) is 22.0 Å². The van der Waals surface area contributed by atoms with E-state index in [1.807, 2.05) is 0 Å². The number of hydrogen-bond acceptors (Lipinski definition) is 4. The van der Waals surface area contributed by atoms with Gasteiger partial charge in [-0.15, -0.1) is 0 Å². The molecule has 1 saturated carbocycles. The lowest BCUT2D eigenvalue weighted by Gasteiger charge is -2.28. The Balaban J connectivity index is 1.71. The number of halogens is 5. The summed E-state index contributed by atoms with van der Waals surface area (Å²) in [6.07, 6.45) is -2.16. The molecule has 1 fully saturated rings. The minimum Gasteiger partial charge on any atom is -0.361 e. The number of aryl methyl sites for hydroxylation is 2. The smallest absolute Gasteiger partial charge is 0.361 e. The molecule has 4 aromatic heterocycles. The van der Waals surface area contributed by atoms with Crippen molar-refractivity contribution >= 4 is 11.0 Å². The van der Waals surface area contributed by atoms with E-state index in [9.17, 15) is 22.0 Å². The van der Waals surface area contributed by atoms with Crippen molar-refractivity contribution in [3.05, 3.63) is 41.3 Å². The highest BCUT2D eigenvalue weighted by molar-refractivity contribution is 5.97. The SMILES string of the molecule is [2H]C([2H])([2H])c1noc(C([2H])([2H])[2H])c1-c1cnc2c(-c3cn[nH]c3CC(F)(F)F)c[nH]c2c1CC1CCC(F)(F)CC1. The van der Waals surface area contributed by atoms with Gasteiger partial charge in [0.05, 0.1) is 35.0 Å². The molecular formula is C24H24F5N5O. The summed E-state index contributed by atoms with van der Waals surface area (Å²) in [6, 6.07) is 0. The average Bonchev–Trinajstić information content (AvgIpc) is 3.56. The van der Waals surface area contributed by atoms with Gasteiger partial charge in [0.25, 0.3) is 0 Å². The van der Waals surface area contributed by atoms with Crippen molar-refractivity contribution in [3.8, 4) is 22.3 Å². The predicted octanol–water partition coefficient (Wildman–Crippen LogP) is 6.70. The summed E-state index contributed by atoms with van der Waals surface area (Å²) < 4.78 is 120. The molecule has 1 aliphatic rings. The van der Waals surface area contributed by atoms with E-state index in [1.165, 1.54) is 18.6 Å². The Morgan fingerprint density at radius 1 is 1.14 bits per heavy atom. The van der Waals surface area contributed by atoms with Gasteiger partial charge in [-0.3, -0.25) is 10.1 Å². The second-order valence-corrected chi connectivity index (χ2v) is 8.87. The predicted molar refractivity (Wildman–Crippen MR) is 119 cm³/mol. The first-order valence-corrected chi connectivity index (χ1v) is 10.9. The van der Waals surface area contributed by atoms with Gasteiger partial charge >= 0.3 is 6.18 Å². The zero-order valence-electron chi connectivity index (χ0n) is 24.2. The first kappa shape index (κ1) is 17.2. The molecule has 186 valence electrons. The number of nitrogens with one attached hydrogen (secondary N) is 2. The van der Waals surface area contributed by atoms with Crippen LogP contribution in [-0.2, 0) is 12.8 Å². The van der Waals surface area contributed by atoms with Gasteiger partial charge in [-0.25, -0.2) is 8.78 Å². The Hall–Kier alpha value is -3.24. The summed E-state index contributed by atoms with van der Waals surface area (Å²) >= 11 is 0. The zero-order chi connectivity index (χ0) is 30.0. The van der Waals surface area contributed by atoms with E-state index in [-0.39, 0.29) is 71.5 Å². The molecule has 0 spiro atoms. The fourth-order valence-corrected chi connectivity index (χ4v) is 4.77. The highest BCUT2D eigenvalue weighted by Gasteiger charge is 2.36. The molecule has 0 saturated heterocycles.